The van der Waals surface area contributed by atoms with Gasteiger partial charge in [0.25, 0.3) is 0 Å². The summed E-state index contributed by atoms with van der Waals surface area (Å²) in [5.74, 6) is -3.94. The van der Waals surface area contributed by atoms with E-state index < -0.39 is 36.8 Å². The van der Waals surface area contributed by atoms with Crippen molar-refractivity contribution in [3.05, 3.63) is 0 Å². The minimum atomic E-state index is -1.31. The smallest absolute Gasteiger partial charge is 0.545 e. The van der Waals surface area contributed by atoms with E-state index in [0.717, 1.165) is 38.5 Å². The van der Waals surface area contributed by atoms with Crippen LogP contribution >= 0.6 is 0 Å². The topological polar surface area (TPSA) is 176 Å². The molecular weight excluding hydrogens is 579 g/mol. The first-order valence-electron chi connectivity index (χ1n) is 15.1. The van der Waals surface area contributed by atoms with E-state index in [1.165, 1.54) is 0 Å². The molecule has 0 aromatic carbocycles. The molecule has 43 heavy (non-hydrogen) atoms. The van der Waals surface area contributed by atoms with Crippen LogP contribution in [-0.4, -0.2) is 90.8 Å². The van der Waals surface area contributed by atoms with Crippen molar-refractivity contribution >= 4 is 35.3 Å². The number of ether oxygens (including phenoxy) is 6. The summed E-state index contributed by atoms with van der Waals surface area (Å²) in [5.41, 5.74) is 0. The van der Waals surface area contributed by atoms with Gasteiger partial charge in [-0.1, -0.05) is 41.5 Å². The van der Waals surface area contributed by atoms with Crippen molar-refractivity contribution in [1.29, 1.82) is 0 Å². The fourth-order valence-corrected chi connectivity index (χ4v) is 2.27. The van der Waals surface area contributed by atoms with Gasteiger partial charge in [-0.3, -0.25) is 0 Å². The summed E-state index contributed by atoms with van der Waals surface area (Å²) in [6.45, 7) is 22.3. The average molecular weight is 637 g/mol. The van der Waals surface area contributed by atoms with Crippen molar-refractivity contribution in [2.24, 2.45) is 0 Å². The van der Waals surface area contributed by atoms with Crippen molar-refractivity contribution < 1.29 is 58.1 Å². The zero-order valence-corrected chi connectivity index (χ0v) is 29.6. The molecule has 0 radical (unpaired) electrons. The van der Waals surface area contributed by atoms with E-state index in [-0.39, 0.29) is 54.0 Å². The molecule has 252 valence electrons. The van der Waals surface area contributed by atoms with E-state index in [9.17, 15) is 29.7 Å². The van der Waals surface area contributed by atoms with E-state index in [1.807, 2.05) is 41.5 Å². The number of hydrogen-bond donors (Lipinski definition) is 0. The Hall–Kier alpha value is -1.30. The first kappa shape index (κ1) is 48.6. The summed E-state index contributed by atoms with van der Waals surface area (Å²) < 4.78 is 30.9. The van der Waals surface area contributed by atoms with Crippen LogP contribution < -0.4 is 15.3 Å². The molecule has 6 unspecified atom stereocenters. The van der Waals surface area contributed by atoms with Crippen LogP contribution in [0.3, 0.4) is 0 Å². The molecule has 12 nitrogen and oxygen atoms in total. The van der Waals surface area contributed by atoms with Crippen molar-refractivity contribution in [3.63, 3.8) is 0 Å². The van der Waals surface area contributed by atoms with E-state index in [0.29, 0.717) is 0 Å². The number of hydrogen-bond acceptors (Lipinski definition) is 12. The summed E-state index contributed by atoms with van der Waals surface area (Å²) in [5, 5.41) is 31.9. The fraction of sp³-hybridized carbons (Fsp3) is 0.900. The predicted octanol–water partition coefficient (Wildman–Crippen LogP) is 1.70. The second-order valence-electron chi connectivity index (χ2n) is 10.1. The molecule has 0 aliphatic rings. The third-order valence-corrected chi connectivity index (χ3v) is 6.16. The summed E-state index contributed by atoms with van der Waals surface area (Å²) in [6, 6.07) is 0. The standard InChI is InChI=1S/3C10H20O4.Al/c3*1-5-7(3)13-10(9(11)12)14-8(4)6-2;/h3*7-8,10H,5-6H2,1-4H3,(H,11,12);/q;;;+3/p-3. The Morgan fingerprint density at radius 2 is 0.512 bits per heavy atom. The number of carboxylic acids is 3. The predicted molar refractivity (Wildman–Crippen MR) is 157 cm³/mol. The average Bonchev–Trinajstić information content (AvgIpc) is 2.95. The molecule has 6 atom stereocenters. The Bertz CT molecular complexity index is 570. The molecule has 0 aromatic heterocycles. The molecule has 0 N–H and O–H groups in total. The summed E-state index contributed by atoms with van der Waals surface area (Å²) in [4.78, 5) is 31.9. The summed E-state index contributed by atoms with van der Waals surface area (Å²) in [6.07, 6.45) is -0.111. The van der Waals surface area contributed by atoms with Crippen LogP contribution in [0.5, 0.6) is 0 Å². The Labute approximate surface area is 270 Å². The van der Waals surface area contributed by atoms with E-state index >= 15 is 0 Å². The number of rotatable bonds is 21. The molecular formula is C30H57AlO12. The summed E-state index contributed by atoms with van der Waals surface area (Å²) >= 11 is 0. The maximum absolute atomic E-state index is 10.6. The van der Waals surface area contributed by atoms with Crippen molar-refractivity contribution in [2.45, 2.75) is 177 Å². The third-order valence-electron chi connectivity index (χ3n) is 6.16. The molecule has 0 bridgehead atoms. The molecule has 0 saturated carbocycles. The monoisotopic (exact) mass is 636 g/mol. The van der Waals surface area contributed by atoms with Gasteiger partial charge < -0.3 is 58.1 Å². The normalized spacial score (nSPS) is 17.0. The van der Waals surface area contributed by atoms with Gasteiger partial charge in [0.15, 0.2) is 18.9 Å². The first-order valence-corrected chi connectivity index (χ1v) is 15.1. The molecule has 0 saturated heterocycles. The molecule has 0 heterocycles. The number of carboxylic acid groups (broad SMARTS) is 3. The maximum atomic E-state index is 10.6. The number of carbonyl (C=O) groups is 3. The zero-order chi connectivity index (χ0) is 33.4. The summed E-state index contributed by atoms with van der Waals surface area (Å²) in [7, 11) is 0. The molecule has 13 heteroatoms. The van der Waals surface area contributed by atoms with Gasteiger partial charge in [0.1, 0.15) is 0 Å². The van der Waals surface area contributed by atoms with E-state index in [4.69, 9.17) is 28.4 Å². The van der Waals surface area contributed by atoms with Gasteiger partial charge in [0.05, 0.1) is 54.5 Å². The Morgan fingerprint density at radius 3 is 0.581 bits per heavy atom. The van der Waals surface area contributed by atoms with Crippen molar-refractivity contribution in [3.8, 4) is 0 Å². The van der Waals surface area contributed by atoms with E-state index in [2.05, 4.69) is 0 Å². The van der Waals surface area contributed by atoms with E-state index in [1.54, 1.807) is 41.5 Å². The van der Waals surface area contributed by atoms with Crippen LogP contribution in [0.4, 0.5) is 0 Å². The van der Waals surface area contributed by atoms with Gasteiger partial charge in [-0.15, -0.1) is 0 Å². The second kappa shape index (κ2) is 29.4. The Kier molecular flexibility index (Phi) is 33.2. The maximum Gasteiger partial charge on any atom is 3.00 e. The minimum Gasteiger partial charge on any atom is -0.545 e. The van der Waals surface area contributed by atoms with Crippen LogP contribution in [0.25, 0.3) is 0 Å². The van der Waals surface area contributed by atoms with Gasteiger partial charge in [-0.2, -0.15) is 0 Å². The Morgan fingerprint density at radius 1 is 0.395 bits per heavy atom. The second-order valence-corrected chi connectivity index (χ2v) is 10.1. The van der Waals surface area contributed by atoms with Gasteiger partial charge in [0, 0.05) is 0 Å². The molecule has 0 aliphatic heterocycles. The fourth-order valence-electron chi connectivity index (χ4n) is 2.27. The number of aliphatic carboxylic acids is 3. The van der Waals surface area contributed by atoms with Crippen LogP contribution in [0, 0.1) is 0 Å². The third kappa shape index (κ3) is 28.0. The minimum absolute atomic E-state index is 0. The van der Waals surface area contributed by atoms with Crippen molar-refractivity contribution in [2.75, 3.05) is 0 Å². The zero-order valence-electron chi connectivity index (χ0n) is 28.4. The van der Waals surface area contributed by atoms with Crippen LogP contribution in [0.2, 0.25) is 0 Å². The molecule has 0 rings (SSSR count). The molecule has 0 amide bonds. The SMILES string of the molecule is CCC(C)OC(OC(C)CC)C(=O)[O-].CCC(C)OC(OC(C)CC)C(=O)[O-].CCC(C)OC(OC(C)CC)C(=O)[O-].[Al+3]. The molecule has 0 aliphatic carbocycles. The molecule has 0 fully saturated rings. The quantitative estimate of drug-likeness (QED) is 0.132. The van der Waals surface area contributed by atoms with Gasteiger partial charge in [-0.05, 0) is 80.1 Å². The van der Waals surface area contributed by atoms with Gasteiger partial charge in [-0.25, -0.2) is 0 Å². The molecule has 0 spiro atoms. The molecule has 0 aromatic rings. The largest absolute Gasteiger partial charge is 3.00 e. The van der Waals surface area contributed by atoms with Crippen molar-refractivity contribution in [1.82, 2.24) is 0 Å². The number of carbonyl (C=O) groups excluding carboxylic acids is 3. The Balaban J connectivity index is -0.000000262. The van der Waals surface area contributed by atoms with Crippen LogP contribution in [0.1, 0.15) is 122 Å². The first-order chi connectivity index (χ1) is 19.5. The van der Waals surface area contributed by atoms with Crippen LogP contribution in [-0.2, 0) is 42.8 Å². The van der Waals surface area contributed by atoms with Crippen LogP contribution in [0.15, 0.2) is 0 Å². The van der Waals surface area contributed by atoms with Gasteiger partial charge in [0.2, 0.25) is 0 Å². The van der Waals surface area contributed by atoms with Gasteiger partial charge >= 0.3 is 17.4 Å².